The highest BCUT2D eigenvalue weighted by Crippen LogP contribution is 2.27. The molecule has 1 heterocycles. The lowest BCUT2D eigenvalue weighted by molar-refractivity contribution is -0.114. The highest BCUT2D eigenvalue weighted by Gasteiger charge is 2.20. The Bertz CT molecular complexity index is 345. The predicted molar refractivity (Wildman–Crippen MR) is 48.0 cm³/mol. The van der Waals surface area contributed by atoms with Crippen molar-refractivity contribution in [1.29, 1.82) is 0 Å². The van der Waals surface area contributed by atoms with Crippen molar-refractivity contribution in [2.45, 2.75) is 6.92 Å². The van der Waals surface area contributed by atoms with Gasteiger partial charge in [-0.1, -0.05) is 19.1 Å². The molecule has 0 aromatic rings. The number of hydrogen-bond donors (Lipinski definition) is 0. The van der Waals surface area contributed by atoms with E-state index in [1.165, 1.54) is 0 Å². The van der Waals surface area contributed by atoms with Gasteiger partial charge in [-0.05, 0) is 17.7 Å². The van der Waals surface area contributed by atoms with Crippen molar-refractivity contribution in [1.82, 2.24) is 0 Å². The minimum atomic E-state index is -0.122. The van der Waals surface area contributed by atoms with Crippen molar-refractivity contribution in [3.63, 3.8) is 0 Å². The van der Waals surface area contributed by atoms with Crippen LogP contribution in [0.5, 0.6) is 0 Å². The fraction of sp³-hybridized carbons (Fsp3) is 0.200. The Morgan fingerprint density at radius 3 is 3.00 bits per heavy atom. The molecule has 0 fully saturated rings. The molecule has 0 aromatic heterocycles. The van der Waals surface area contributed by atoms with Crippen LogP contribution in [0.2, 0.25) is 0 Å². The first kappa shape index (κ1) is 7.22. The van der Waals surface area contributed by atoms with Gasteiger partial charge in [-0.25, -0.2) is 4.99 Å². The smallest absolute Gasteiger partial charge is 0.267 e. The lowest BCUT2D eigenvalue weighted by Gasteiger charge is -2.18. The quantitative estimate of drug-likeness (QED) is 0.528. The van der Waals surface area contributed by atoms with E-state index >= 15 is 0 Å². The zero-order valence-corrected chi connectivity index (χ0v) is 6.82. The molecule has 12 heavy (non-hydrogen) atoms. The highest BCUT2D eigenvalue weighted by molar-refractivity contribution is 6.07. The van der Waals surface area contributed by atoms with E-state index < -0.39 is 0 Å². The molecular formula is C10H9NO. The van der Waals surface area contributed by atoms with Crippen LogP contribution in [0.1, 0.15) is 6.92 Å². The molecule has 60 valence electrons. The van der Waals surface area contributed by atoms with Gasteiger partial charge in [-0.15, -0.1) is 0 Å². The third-order valence-electron chi connectivity index (χ3n) is 2.14. The Morgan fingerprint density at radius 1 is 1.42 bits per heavy atom. The number of carbonyl (C=O) groups is 1. The van der Waals surface area contributed by atoms with Crippen LogP contribution >= 0.6 is 0 Å². The Morgan fingerprint density at radius 2 is 2.25 bits per heavy atom. The van der Waals surface area contributed by atoms with Crippen molar-refractivity contribution in [3.8, 4) is 0 Å². The molecule has 0 bridgehead atoms. The molecule has 1 aliphatic carbocycles. The molecule has 0 saturated heterocycles. The first-order chi connectivity index (χ1) is 5.79. The number of dihydropyridines is 1. The molecule has 1 aliphatic heterocycles. The standard InChI is InChI=1S/C10H9NO/c1-7-3-2-4-9-8(7)5-6-11-10(9)12/h2-7H,1H3. The van der Waals surface area contributed by atoms with Crippen LogP contribution in [0.25, 0.3) is 0 Å². The largest absolute Gasteiger partial charge is 0.277 e. The average Bonchev–Trinajstić information content (AvgIpc) is 2.07. The summed E-state index contributed by atoms with van der Waals surface area (Å²) in [6.45, 7) is 2.07. The van der Waals surface area contributed by atoms with Crippen LogP contribution in [0.4, 0.5) is 0 Å². The van der Waals surface area contributed by atoms with E-state index in [2.05, 4.69) is 18.0 Å². The van der Waals surface area contributed by atoms with Gasteiger partial charge < -0.3 is 0 Å². The summed E-state index contributed by atoms with van der Waals surface area (Å²) < 4.78 is 0. The normalized spacial score (nSPS) is 26.4. The van der Waals surface area contributed by atoms with Gasteiger partial charge in [0.05, 0.1) is 0 Å². The number of carbonyl (C=O) groups excluding carboxylic acids is 1. The summed E-state index contributed by atoms with van der Waals surface area (Å²) in [5.74, 6) is 0.212. The van der Waals surface area contributed by atoms with Crippen molar-refractivity contribution < 1.29 is 4.79 Å². The maximum atomic E-state index is 11.2. The molecule has 1 amide bonds. The van der Waals surface area contributed by atoms with Gasteiger partial charge >= 0.3 is 0 Å². The van der Waals surface area contributed by atoms with Crippen LogP contribution < -0.4 is 0 Å². The van der Waals surface area contributed by atoms with Crippen LogP contribution in [-0.4, -0.2) is 12.1 Å². The summed E-state index contributed by atoms with van der Waals surface area (Å²) in [5, 5.41) is 0. The number of nitrogens with zero attached hydrogens (tertiary/aromatic N) is 1. The second-order valence-electron chi connectivity index (χ2n) is 2.96. The Kier molecular flexibility index (Phi) is 1.54. The predicted octanol–water partition coefficient (Wildman–Crippen LogP) is 1.66. The van der Waals surface area contributed by atoms with E-state index in [0.717, 1.165) is 11.1 Å². The van der Waals surface area contributed by atoms with Crippen molar-refractivity contribution >= 4 is 12.1 Å². The number of amides is 1. The fourth-order valence-corrected chi connectivity index (χ4v) is 1.45. The third-order valence-corrected chi connectivity index (χ3v) is 2.14. The van der Waals surface area contributed by atoms with Gasteiger partial charge in [-0.2, -0.15) is 0 Å². The van der Waals surface area contributed by atoms with Crippen LogP contribution in [0, 0.1) is 5.92 Å². The van der Waals surface area contributed by atoms with E-state index in [9.17, 15) is 4.79 Å². The van der Waals surface area contributed by atoms with Crippen LogP contribution in [0.15, 0.2) is 40.4 Å². The molecule has 2 nitrogen and oxygen atoms in total. The zero-order chi connectivity index (χ0) is 8.55. The summed E-state index contributed by atoms with van der Waals surface area (Å²) in [6.07, 6.45) is 9.29. The lowest BCUT2D eigenvalue weighted by atomic mass is 9.88. The van der Waals surface area contributed by atoms with E-state index in [-0.39, 0.29) is 5.91 Å². The molecule has 2 aliphatic rings. The minimum absolute atomic E-state index is 0.122. The van der Waals surface area contributed by atoms with Crippen molar-refractivity contribution in [3.05, 3.63) is 35.5 Å². The van der Waals surface area contributed by atoms with E-state index in [0.29, 0.717) is 5.92 Å². The second-order valence-corrected chi connectivity index (χ2v) is 2.96. The Labute approximate surface area is 71.0 Å². The molecule has 0 saturated carbocycles. The number of allylic oxidation sites excluding steroid dienone is 4. The maximum Gasteiger partial charge on any atom is 0.277 e. The number of fused-ring (bicyclic) bond motifs is 1. The molecule has 2 rings (SSSR count). The number of aliphatic imine (C=N–C) groups is 1. The third kappa shape index (κ3) is 0.961. The van der Waals surface area contributed by atoms with Crippen molar-refractivity contribution in [2.24, 2.45) is 10.9 Å². The number of rotatable bonds is 0. The fourth-order valence-electron chi connectivity index (χ4n) is 1.45. The second kappa shape index (κ2) is 2.55. The van der Waals surface area contributed by atoms with Crippen LogP contribution in [0.3, 0.4) is 0 Å². The van der Waals surface area contributed by atoms with Gasteiger partial charge in [0, 0.05) is 17.7 Å². The topological polar surface area (TPSA) is 29.4 Å². The maximum absolute atomic E-state index is 11.2. The first-order valence-corrected chi connectivity index (χ1v) is 3.96. The van der Waals surface area contributed by atoms with Gasteiger partial charge in [0.15, 0.2) is 0 Å². The molecule has 0 N–H and O–H groups in total. The molecule has 0 aromatic carbocycles. The zero-order valence-electron chi connectivity index (χ0n) is 6.82. The van der Waals surface area contributed by atoms with E-state index in [4.69, 9.17) is 0 Å². The number of hydrogen-bond acceptors (Lipinski definition) is 1. The molecule has 2 heteroatoms. The molecule has 1 atom stereocenters. The van der Waals surface area contributed by atoms with Gasteiger partial charge in [0.25, 0.3) is 5.91 Å². The molecular weight excluding hydrogens is 150 g/mol. The lowest BCUT2D eigenvalue weighted by Crippen LogP contribution is -2.13. The summed E-state index contributed by atoms with van der Waals surface area (Å²) in [6, 6.07) is 0. The van der Waals surface area contributed by atoms with E-state index in [1.807, 2.05) is 18.2 Å². The summed E-state index contributed by atoms with van der Waals surface area (Å²) >= 11 is 0. The van der Waals surface area contributed by atoms with Gasteiger partial charge in [-0.3, -0.25) is 4.79 Å². The minimum Gasteiger partial charge on any atom is -0.267 e. The van der Waals surface area contributed by atoms with Crippen molar-refractivity contribution in [2.75, 3.05) is 0 Å². The van der Waals surface area contributed by atoms with Gasteiger partial charge in [0.1, 0.15) is 0 Å². The van der Waals surface area contributed by atoms with Crippen LogP contribution in [-0.2, 0) is 4.79 Å². The molecule has 0 radical (unpaired) electrons. The summed E-state index contributed by atoms with van der Waals surface area (Å²) in [7, 11) is 0. The monoisotopic (exact) mass is 159 g/mol. The SMILES string of the molecule is CC1C=CC=C2C(=O)N=CC=C21. The Hall–Kier alpha value is -1.44. The Balaban J connectivity index is 2.50. The molecule has 0 spiro atoms. The summed E-state index contributed by atoms with van der Waals surface area (Å²) in [5.41, 5.74) is 1.82. The first-order valence-electron chi connectivity index (χ1n) is 3.96. The highest BCUT2D eigenvalue weighted by atomic mass is 16.1. The molecule has 1 unspecified atom stereocenters. The average molecular weight is 159 g/mol. The van der Waals surface area contributed by atoms with Gasteiger partial charge in [0.2, 0.25) is 0 Å². The summed E-state index contributed by atoms with van der Waals surface area (Å²) in [4.78, 5) is 14.9. The van der Waals surface area contributed by atoms with E-state index in [1.54, 1.807) is 6.21 Å².